The Hall–Kier alpha value is 2.86. The summed E-state index contributed by atoms with van der Waals surface area (Å²) in [6.45, 7) is 4.00. The SMILES string of the molecule is CC(C)[O][Ti].I[I-]I. The molecule has 0 spiro atoms. The molecular weight excluding hydrogens is 481 g/mol. The molecule has 0 amide bonds. The van der Waals surface area contributed by atoms with E-state index in [0.717, 1.165) is 0 Å². The van der Waals surface area contributed by atoms with Gasteiger partial charge in [0, 0.05) is 0 Å². The fourth-order valence-corrected chi connectivity index (χ4v) is 0. The van der Waals surface area contributed by atoms with Crippen LogP contribution in [0.15, 0.2) is 0 Å². The molecule has 0 aromatic carbocycles. The van der Waals surface area contributed by atoms with Crippen LogP contribution in [0.5, 0.6) is 0 Å². The molecule has 0 aliphatic carbocycles. The molecule has 0 bridgehead atoms. The van der Waals surface area contributed by atoms with E-state index in [1.54, 1.807) is 20.8 Å². The second-order valence-electron chi connectivity index (χ2n) is 1.22. The first-order valence-corrected chi connectivity index (χ1v) is 15.1. The first kappa shape index (κ1) is 13.5. The van der Waals surface area contributed by atoms with Crippen molar-refractivity contribution in [2.45, 2.75) is 20.0 Å². The van der Waals surface area contributed by atoms with Crippen molar-refractivity contribution in [3.8, 4) is 0 Å². The maximum absolute atomic E-state index is 4.75. The van der Waals surface area contributed by atoms with E-state index in [0.29, 0.717) is 19.4 Å². The van der Waals surface area contributed by atoms with Gasteiger partial charge in [-0.2, -0.15) is 0 Å². The van der Waals surface area contributed by atoms with Crippen molar-refractivity contribution in [1.29, 1.82) is 0 Å². The van der Waals surface area contributed by atoms with E-state index < -0.39 is 0 Å². The average molecular weight is 488 g/mol. The van der Waals surface area contributed by atoms with E-state index in [-0.39, 0.29) is 0 Å². The molecule has 0 heterocycles. The summed E-state index contributed by atoms with van der Waals surface area (Å²) in [6.07, 6.45) is 0.384. The van der Waals surface area contributed by atoms with Crippen LogP contribution in [0.2, 0.25) is 0 Å². The number of hydrogen-bond acceptors (Lipinski definition) is 1. The van der Waals surface area contributed by atoms with Crippen LogP contribution in [-0.2, 0) is 24.1 Å². The minimum absolute atomic E-state index is 0.384. The van der Waals surface area contributed by atoms with Gasteiger partial charge in [0.25, 0.3) is 0 Å². The standard InChI is InChI=1S/C3H7O.I3.Ti/c1-3(2)4;1-3-2;/h3H,1-2H3;;/q2*-1;+1. The molecule has 0 aliphatic rings. The minimum atomic E-state index is 0.384. The van der Waals surface area contributed by atoms with Crippen LogP contribution in [0.25, 0.3) is 0 Å². The van der Waals surface area contributed by atoms with Gasteiger partial charge in [-0.1, -0.05) is 0 Å². The van der Waals surface area contributed by atoms with E-state index in [9.17, 15) is 0 Å². The predicted molar refractivity (Wildman–Crippen MR) is 44.3 cm³/mol. The van der Waals surface area contributed by atoms with E-state index in [2.05, 4.69) is 37.2 Å². The summed E-state index contributed by atoms with van der Waals surface area (Å²) in [7, 11) is 0. The zero-order valence-electron chi connectivity index (χ0n) is 4.62. The summed E-state index contributed by atoms with van der Waals surface area (Å²) in [5, 5.41) is 0. The predicted octanol–water partition coefficient (Wildman–Crippen LogP) is -0.351. The van der Waals surface area contributed by atoms with Crippen molar-refractivity contribution < 1.29 is 37.4 Å². The summed E-state index contributed by atoms with van der Waals surface area (Å²) in [5.74, 6) is 0. The molecule has 8 heavy (non-hydrogen) atoms. The Kier molecular flexibility index (Phi) is 21.1. The molecule has 1 nitrogen and oxygen atoms in total. The second kappa shape index (κ2) is 12.5. The Bertz CT molecular complexity index is 35.7. The molecule has 0 aliphatic heterocycles. The topological polar surface area (TPSA) is 9.23 Å². The van der Waals surface area contributed by atoms with E-state index in [1.807, 2.05) is 13.8 Å². The van der Waals surface area contributed by atoms with Gasteiger partial charge in [0.1, 0.15) is 0 Å². The van der Waals surface area contributed by atoms with E-state index >= 15 is 0 Å². The first-order valence-electron chi connectivity index (χ1n) is 1.88. The van der Waals surface area contributed by atoms with Crippen molar-refractivity contribution >= 4 is 37.2 Å². The molecule has 0 fully saturated rings. The van der Waals surface area contributed by atoms with Crippen molar-refractivity contribution in [3.05, 3.63) is 0 Å². The van der Waals surface area contributed by atoms with Crippen LogP contribution in [0.4, 0.5) is 0 Å². The Morgan fingerprint density at radius 2 is 1.62 bits per heavy atom. The molecule has 0 atom stereocenters. The summed E-state index contributed by atoms with van der Waals surface area (Å²) in [6, 6.07) is 0. The van der Waals surface area contributed by atoms with E-state index in [1.165, 1.54) is 0 Å². The fraction of sp³-hybridized carbons (Fsp3) is 1.00. The molecule has 0 rings (SSSR count). The molecule has 0 saturated carbocycles. The van der Waals surface area contributed by atoms with Crippen molar-refractivity contribution in [2.24, 2.45) is 0 Å². The summed E-state index contributed by atoms with van der Waals surface area (Å²) < 4.78 is 4.75. The van der Waals surface area contributed by atoms with Crippen molar-refractivity contribution in [1.82, 2.24) is 0 Å². The molecule has 0 saturated heterocycles. The van der Waals surface area contributed by atoms with Crippen LogP contribution in [0.3, 0.4) is 0 Å². The van der Waals surface area contributed by atoms with Gasteiger partial charge in [0.05, 0.1) is 0 Å². The third kappa shape index (κ3) is 23.2. The zero-order chi connectivity index (χ0) is 6.99. The molecule has 0 unspecified atom stereocenters. The van der Waals surface area contributed by atoms with Gasteiger partial charge >= 0.3 is 94.6 Å². The van der Waals surface area contributed by atoms with E-state index in [4.69, 9.17) is 3.32 Å². The zero-order valence-corrected chi connectivity index (χ0v) is 12.7. The van der Waals surface area contributed by atoms with Gasteiger partial charge in [-0.05, 0) is 0 Å². The molecule has 0 radical (unpaired) electrons. The quantitative estimate of drug-likeness (QED) is 0.363. The maximum atomic E-state index is 4.75. The summed E-state index contributed by atoms with van der Waals surface area (Å²) in [5.41, 5.74) is 0. The van der Waals surface area contributed by atoms with Gasteiger partial charge in [-0.15, -0.1) is 0 Å². The normalized spacial score (nSPS) is 8.50. The molecule has 0 aromatic heterocycles. The van der Waals surface area contributed by atoms with Gasteiger partial charge in [-0.3, -0.25) is 0 Å². The molecule has 0 aromatic rings. The Labute approximate surface area is 92.6 Å². The Morgan fingerprint density at radius 1 is 1.50 bits per heavy atom. The van der Waals surface area contributed by atoms with Crippen LogP contribution in [0, 0.1) is 0 Å². The Morgan fingerprint density at radius 3 is 1.62 bits per heavy atom. The third-order valence-corrected chi connectivity index (χ3v) is 0.972. The molecular formula is C3H7I3OTi-. The summed E-state index contributed by atoms with van der Waals surface area (Å²) >= 11 is 7.00. The fourth-order valence-electron chi connectivity index (χ4n) is 0. The number of halogens is 3. The van der Waals surface area contributed by atoms with Crippen molar-refractivity contribution in [2.75, 3.05) is 0 Å². The Balaban J connectivity index is 0. The molecule has 0 N–H and O–H groups in total. The van der Waals surface area contributed by atoms with Crippen LogP contribution < -0.4 is 13.3 Å². The first-order chi connectivity index (χ1) is 3.68. The average Bonchev–Trinajstić information content (AvgIpc) is 1.69. The monoisotopic (exact) mass is 488 g/mol. The van der Waals surface area contributed by atoms with Crippen LogP contribution >= 0.6 is 37.2 Å². The van der Waals surface area contributed by atoms with Gasteiger partial charge in [-0.25, -0.2) is 0 Å². The van der Waals surface area contributed by atoms with Crippen LogP contribution in [0.1, 0.15) is 13.8 Å². The van der Waals surface area contributed by atoms with Crippen molar-refractivity contribution in [3.63, 3.8) is 0 Å². The van der Waals surface area contributed by atoms with Crippen LogP contribution in [-0.4, -0.2) is 6.10 Å². The number of hydrogen-bond donors (Lipinski definition) is 0. The van der Waals surface area contributed by atoms with Gasteiger partial charge < -0.3 is 0 Å². The molecule has 5 heteroatoms. The van der Waals surface area contributed by atoms with Gasteiger partial charge in [0.2, 0.25) is 0 Å². The number of rotatable bonds is 1. The second-order valence-corrected chi connectivity index (χ2v) is 17.8. The summed E-state index contributed by atoms with van der Waals surface area (Å²) in [4.78, 5) is 0. The third-order valence-electron chi connectivity index (χ3n) is 0.236. The molecule has 51 valence electrons. The van der Waals surface area contributed by atoms with Gasteiger partial charge in [0.15, 0.2) is 0 Å².